The van der Waals surface area contributed by atoms with Crippen molar-refractivity contribution in [2.45, 2.75) is 26.9 Å². The van der Waals surface area contributed by atoms with E-state index in [1.165, 1.54) is 0 Å². The minimum atomic E-state index is -0.490. The third-order valence-electron chi connectivity index (χ3n) is 3.64. The highest BCUT2D eigenvalue weighted by Crippen LogP contribution is 2.21. The molecular weight excluding hydrogens is 242 g/mol. The summed E-state index contributed by atoms with van der Waals surface area (Å²) < 4.78 is 0. The van der Waals surface area contributed by atoms with E-state index in [2.05, 4.69) is 9.88 Å². The summed E-state index contributed by atoms with van der Waals surface area (Å²) in [7, 11) is 0. The van der Waals surface area contributed by atoms with Gasteiger partial charge in [-0.05, 0) is 25.5 Å². The molecule has 1 atom stereocenters. The molecule has 1 saturated heterocycles. The van der Waals surface area contributed by atoms with Crippen LogP contribution in [0.2, 0.25) is 0 Å². The monoisotopic (exact) mass is 263 g/mol. The molecule has 0 spiro atoms. The lowest BCUT2D eigenvalue weighted by Crippen LogP contribution is -2.48. The zero-order valence-electron chi connectivity index (χ0n) is 11.8. The predicted octanol–water partition coefficient (Wildman–Crippen LogP) is 1.11. The summed E-state index contributed by atoms with van der Waals surface area (Å²) in [5.74, 6) is 1.05. The molecule has 1 aromatic heterocycles. The number of aryl methyl sites for hydroxylation is 1. The molecule has 0 saturated carbocycles. The molecule has 104 valence electrons. The highest BCUT2D eigenvalue weighted by Gasteiger charge is 2.20. The van der Waals surface area contributed by atoms with Crippen LogP contribution in [0, 0.1) is 6.92 Å². The third kappa shape index (κ3) is 3.04. The van der Waals surface area contributed by atoms with Gasteiger partial charge in [0, 0.05) is 44.9 Å². The summed E-state index contributed by atoms with van der Waals surface area (Å²) in [6, 6.07) is 2.01. The van der Waals surface area contributed by atoms with Crippen LogP contribution in [0.15, 0.2) is 12.3 Å². The lowest BCUT2D eigenvalue weighted by atomic mass is 10.1. The largest absolute Gasteiger partial charge is 0.389 e. The zero-order chi connectivity index (χ0) is 14.0. The summed E-state index contributed by atoms with van der Waals surface area (Å²) in [6.45, 7) is 8.44. The number of hydrogen-bond acceptors (Lipinski definition) is 4. The first-order chi connectivity index (χ1) is 8.99. The molecule has 5 nitrogen and oxygen atoms in total. The van der Waals surface area contributed by atoms with Gasteiger partial charge in [-0.25, -0.2) is 4.98 Å². The number of carbonyl (C=O) groups excluding carboxylic acids is 1. The molecule has 1 N–H and O–H groups in total. The van der Waals surface area contributed by atoms with Crippen molar-refractivity contribution in [1.29, 1.82) is 0 Å². The van der Waals surface area contributed by atoms with Gasteiger partial charge < -0.3 is 14.9 Å². The van der Waals surface area contributed by atoms with Crippen LogP contribution in [0.4, 0.5) is 5.82 Å². The van der Waals surface area contributed by atoms with Gasteiger partial charge in [-0.1, -0.05) is 0 Å². The number of anilines is 1. The Morgan fingerprint density at radius 2 is 2.00 bits per heavy atom. The lowest BCUT2D eigenvalue weighted by molar-refractivity contribution is -0.129. The summed E-state index contributed by atoms with van der Waals surface area (Å²) in [5.41, 5.74) is 1.92. The van der Waals surface area contributed by atoms with Gasteiger partial charge in [0.15, 0.2) is 0 Å². The van der Waals surface area contributed by atoms with Gasteiger partial charge in [-0.3, -0.25) is 4.79 Å². The van der Waals surface area contributed by atoms with Crippen molar-refractivity contribution in [3.05, 3.63) is 23.4 Å². The Hall–Kier alpha value is -1.62. The maximum atomic E-state index is 11.3. The van der Waals surface area contributed by atoms with Gasteiger partial charge in [0.2, 0.25) is 5.91 Å². The average Bonchev–Trinajstić information content (AvgIpc) is 2.38. The molecule has 1 unspecified atom stereocenters. The van der Waals surface area contributed by atoms with Crippen molar-refractivity contribution < 1.29 is 9.90 Å². The fraction of sp³-hybridized carbons (Fsp3) is 0.571. The highest BCUT2D eigenvalue weighted by atomic mass is 16.3. The maximum absolute atomic E-state index is 11.3. The number of nitrogens with zero attached hydrogens (tertiary/aromatic N) is 3. The number of aromatic nitrogens is 1. The van der Waals surface area contributed by atoms with Gasteiger partial charge in [0.05, 0.1) is 6.10 Å². The summed E-state index contributed by atoms with van der Waals surface area (Å²) in [4.78, 5) is 19.7. The van der Waals surface area contributed by atoms with Crippen LogP contribution in [0.25, 0.3) is 0 Å². The van der Waals surface area contributed by atoms with Crippen LogP contribution < -0.4 is 4.90 Å². The second-order valence-electron chi connectivity index (χ2n) is 5.07. The number of pyridine rings is 1. The number of piperazine rings is 1. The van der Waals surface area contributed by atoms with Crippen molar-refractivity contribution in [2.24, 2.45) is 0 Å². The molecule has 1 amide bonds. The summed E-state index contributed by atoms with van der Waals surface area (Å²) in [6.07, 6.45) is 1.25. The number of amides is 1. The Morgan fingerprint density at radius 3 is 2.47 bits per heavy atom. The van der Waals surface area contributed by atoms with Gasteiger partial charge in [0.25, 0.3) is 0 Å². The topological polar surface area (TPSA) is 56.7 Å². The molecule has 2 rings (SSSR count). The van der Waals surface area contributed by atoms with Gasteiger partial charge in [0.1, 0.15) is 5.82 Å². The van der Waals surface area contributed by atoms with Crippen LogP contribution >= 0.6 is 0 Å². The van der Waals surface area contributed by atoms with E-state index in [4.69, 9.17) is 0 Å². The molecule has 2 heterocycles. The molecule has 1 aliphatic rings. The lowest BCUT2D eigenvalue weighted by Gasteiger charge is -2.35. The Morgan fingerprint density at radius 1 is 1.37 bits per heavy atom. The van der Waals surface area contributed by atoms with Crippen molar-refractivity contribution in [2.75, 3.05) is 31.1 Å². The van der Waals surface area contributed by atoms with Gasteiger partial charge in [-0.2, -0.15) is 0 Å². The Bertz CT molecular complexity index is 466. The third-order valence-corrected chi connectivity index (χ3v) is 3.64. The van der Waals surface area contributed by atoms with Crippen LogP contribution in [0.3, 0.4) is 0 Å². The summed E-state index contributed by atoms with van der Waals surface area (Å²) >= 11 is 0. The molecule has 0 radical (unpaired) electrons. The van der Waals surface area contributed by atoms with E-state index in [1.807, 2.05) is 17.9 Å². The van der Waals surface area contributed by atoms with E-state index in [9.17, 15) is 9.90 Å². The fourth-order valence-electron chi connectivity index (χ4n) is 2.41. The van der Waals surface area contributed by atoms with E-state index >= 15 is 0 Å². The fourth-order valence-corrected chi connectivity index (χ4v) is 2.41. The van der Waals surface area contributed by atoms with E-state index in [0.717, 1.165) is 43.1 Å². The summed E-state index contributed by atoms with van der Waals surface area (Å²) in [5, 5.41) is 9.60. The first-order valence-corrected chi connectivity index (χ1v) is 6.64. The number of aliphatic hydroxyl groups is 1. The zero-order valence-corrected chi connectivity index (χ0v) is 11.8. The van der Waals surface area contributed by atoms with Crippen LogP contribution in [0.5, 0.6) is 0 Å². The number of hydrogen-bond donors (Lipinski definition) is 1. The molecule has 1 aromatic rings. The van der Waals surface area contributed by atoms with Crippen LogP contribution in [-0.4, -0.2) is 47.1 Å². The van der Waals surface area contributed by atoms with Gasteiger partial charge >= 0.3 is 0 Å². The van der Waals surface area contributed by atoms with E-state index < -0.39 is 6.10 Å². The standard InChI is InChI=1S/C14H21N3O2/c1-10-8-14(15-9-13(10)11(2)18)17-6-4-16(5-7-17)12(3)19/h8-9,11,18H,4-7H2,1-3H3. The number of carbonyl (C=O) groups is 1. The second-order valence-corrected chi connectivity index (χ2v) is 5.07. The van der Waals surface area contributed by atoms with Crippen molar-refractivity contribution >= 4 is 11.7 Å². The Labute approximate surface area is 113 Å². The maximum Gasteiger partial charge on any atom is 0.219 e. The predicted molar refractivity (Wildman–Crippen MR) is 74.1 cm³/mol. The van der Waals surface area contributed by atoms with E-state index in [-0.39, 0.29) is 5.91 Å². The second kappa shape index (κ2) is 5.57. The van der Waals surface area contributed by atoms with E-state index in [0.29, 0.717) is 0 Å². The Kier molecular flexibility index (Phi) is 4.04. The molecule has 0 aliphatic carbocycles. The Balaban J connectivity index is 2.08. The average molecular weight is 263 g/mol. The minimum absolute atomic E-state index is 0.133. The number of aliphatic hydroxyl groups excluding tert-OH is 1. The van der Waals surface area contributed by atoms with Crippen molar-refractivity contribution in [3.8, 4) is 0 Å². The highest BCUT2D eigenvalue weighted by molar-refractivity contribution is 5.73. The van der Waals surface area contributed by atoms with Crippen molar-refractivity contribution in [1.82, 2.24) is 9.88 Å². The first-order valence-electron chi connectivity index (χ1n) is 6.64. The first kappa shape index (κ1) is 13.8. The van der Waals surface area contributed by atoms with Gasteiger partial charge in [-0.15, -0.1) is 0 Å². The van der Waals surface area contributed by atoms with E-state index in [1.54, 1.807) is 20.0 Å². The SMILES string of the molecule is CC(=O)N1CCN(c2cc(C)c(C(C)O)cn2)CC1. The van der Waals surface area contributed by atoms with Crippen LogP contribution in [0.1, 0.15) is 31.1 Å². The molecule has 5 heteroatoms. The quantitative estimate of drug-likeness (QED) is 0.868. The van der Waals surface area contributed by atoms with Crippen molar-refractivity contribution in [3.63, 3.8) is 0 Å². The van der Waals surface area contributed by atoms with Crippen LogP contribution in [-0.2, 0) is 4.79 Å². The molecule has 0 bridgehead atoms. The molecule has 0 aromatic carbocycles. The molecule has 1 fully saturated rings. The molecular formula is C14H21N3O2. The minimum Gasteiger partial charge on any atom is -0.389 e. The molecule has 1 aliphatic heterocycles. The molecule has 19 heavy (non-hydrogen) atoms. The normalized spacial score (nSPS) is 17.5. The number of rotatable bonds is 2. The smallest absolute Gasteiger partial charge is 0.219 e.